The lowest BCUT2D eigenvalue weighted by Gasteiger charge is -2.28. The first-order chi connectivity index (χ1) is 8.69. The van der Waals surface area contributed by atoms with E-state index >= 15 is 0 Å². The average molecular weight is 360 g/mol. The van der Waals surface area contributed by atoms with Gasteiger partial charge in [-0.3, -0.25) is 4.79 Å². The molecule has 0 atom stereocenters. The molecule has 18 heavy (non-hydrogen) atoms. The number of rotatable bonds is 3. The first-order valence-corrected chi connectivity index (χ1v) is 7.01. The number of ether oxygens (including phenoxy) is 1. The molecule has 1 aliphatic rings. The fraction of sp³-hybridized carbons (Fsp3) is 0.462. The van der Waals surface area contributed by atoms with Crippen LogP contribution >= 0.6 is 22.9 Å². The first kappa shape index (κ1) is 13.6. The molecule has 1 N–H and O–H groups in total. The van der Waals surface area contributed by atoms with E-state index in [1.54, 1.807) is 13.2 Å². The highest BCUT2D eigenvalue weighted by Gasteiger charge is 2.19. The Morgan fingerprint density at radius 3 is 2.83 bits per heavy atom. The molecule has 1 heterocycles. The Balaban J connectivity index is 1.94. The summed E-state index contributed by atoms with van der Waals surface area (Å²) in [6, 6.07) is 7.54. The number of nitrogens with zero attached hydrogens (tertiary/aromatic N) is 1. The van der Waals surface area contributed by atoms with Crippen molar-refractivity contribution in [3.05, 3.63) is 29.8 Å². The van der Waals surface area contributed by atoms with Crippen molar-refractivity contribution in [2.24, 2.45) is 0 Å². The van der Waals surface area contributed by atoms with Crippen molar-refractivity contribution in [2.45, 2.75) is 18.9 Å². The zero-order valence-corrected chi connectivity index (χ0v) is 12.5. The van der Waals surface area contributed by atoms with Gasteiger partial charge in [-0.1, -0.05) is 6.07 Å². The van der Waals surface area contributed by atoms with Crippen LogP contribution in [0.4, 0.5) is 0 Å². The monoisotopic (exact) mass is 360 g/mol. The maximum Gasteiger partial charge on any atom is 0.251 e. The minimum Gasteiger partial charge on any atom is -0.497 e. The molecule has 0 radical (unpaired) electrons. The number of amides is 1. The summed E-state index contributed by atoms with van der Waals surface area (Å²) in [5, 5.41) is 3.08. The lowest BCUT2D eigenvalue weighted by molar-refractivity contribution is 0.0925. The van der Waals surface area contributed by atoms with Crippen LogP contribution in [0.25, 0.3) is 0 Å². The summed E-state index contributed by atoms with van der Waals surface area (Å²) in [5.41, 5.74) is 0.659. The van der Waals surface area contributed by atoms with Gasteiger partial charge in [-0.2, -0.15) is 0 Å². The zero-order chi connectivity index (χ0) is 13.0. The maximum atomic E-state index is 12.1. The van der Waals surface area contributed by atoms with Gasteiger partial charge in [-0.25, -0.2) is 3.11 Å². The predicted octanol–water partition coefficient (Wildman–Crippen LogP) is 2.24. The number of carbonyl (C=O) groups excluding carboxylic acids is 1. The van der Waals surface area contributed by atoms with Crippen molar-refractivity contribution >= 4 is 28.8 Å². The smallest absolute Gasteiger partial charge is 0.251 e. The minimum absolute atomic E-state index is 0.0131. The number of hydrogen-bond acceptors (Lipinski definition) is 3. The van der Waals surface area contributed by atoms with Crippen LogP contribution in [0.2, 0.25) is 0 Å². The van der Waals surface area contributed by atoms with Crippen LogP contribution in [-0.4, -0.2) is 35.3 Å². The maximum absolute atomic E-state index is 12.1. The molecule has 0 aromatic heterocycles. The van der Waals surface area contributed by atoms with Crippen LogP contribution in [0.15, 0.2) is 24.3 Å². The molecule has 1 aromatic rings. The minimum atomic E-state index is -0.0131. The molecule has 0 aliphatic carbocycles. The number of methoxy groups -OCH3 is 1. The van der Waals surface area contributed by atoms with Gasteiger partial charge in [0.15, 0.2) is 0 Å². The normalized spacial score (nSPS) is 17.4. The number of nitrogens with one attached hydrogen (secondary N) is 1. The van der Waals surface area contributed by atoms with Gasteiger partial charge in [0.1, 0.15) is 5.75 Å². The Morgan fingerprint density at radius 2 is 2.17 bits per heavy atom. The van der Waals surface area contributed by atoms with Crippen molar-refractivity contribution in [2.75, 3.05) is 20.2 Å². The zero-order valence-electron chi connectivity index (χ0n) is 10.4. The van der Waals surface area contributed by atoms with Gasteiger partial charge in [0.05, 0.1) is 7.11 Å². The van der Waals surface area contributed by atoms with E-state index in [2.05, 4.69) is 31.3 Å². The van der Waals surface area contributed by atoms with Gasteiger partial charge in [0.2, 0.25) is 0 Å². The van der Waals surface area contributed by atoms with Crippen LogP contribution in [0.5, 0.6) is 5.75 Å². The Hall–Kier alpha value is -0.820. The van der Waals surface area contributed by atoms with Crippen LogP contribution in [-0.2, 0) is 0 Å². The topological polar surface area (TPSA) is 41.6 Å². The third-order valence-electron chi connectivity index (χ3n) is 3.11. The Kier molecular flexibility index (Phi) is 4.82. The van der Waals surface area contributed by atoms with E-state index in [4.69, 9.17) is 4.74 Å². The molecule has 0 saturated carbocycles. The first-order valence-electron chi connectivity index (χ1n) is 6.04. The second-order valence-corrected chi connectivity index (χ2v) is 5.75. The third kappa shape index (κ3) is 3.58. The fourth-order valence-electron chi connectivity index (χ4n) is 2.03. The highest BCUT2D eigenvalue weighted by molar-refractivity contribution is 14.1. The average Bonchev–Trinajstić information content (AvgIpc) is 2.41. The molecule has 1 fully saturated rings. The summed E-state index contributed by atoms with van der Waals surface area (Å²) < 4.78 is 7.38. The molecule has 1 aliphatic heterocycles. The molecule has 0 unspecified atom stereocenters. The summed E-state index contributed by atoms with van der Waals surface area (Å²) >= 11 is 2.33. The molecule has 5 heteroatoms. The van der Waals surface area contributed by atoms with E-state index < -0.39 is 0 Å². The summed E-state index contributed by atoms with van der Waals surface area (Å²) in [4.78, 5) is 12.1. The Bertz CT molecular complexity index is 417. The molecule has 1 aromatic carbocycles. The van der Waals surface area contributed by atoms with Gasteiger partial charge >= 0.3 is 0 Å². The van der Waals surface area contributed by atoms with E-state index in [0.717, 1.165) is 25.9 Å². The Labute approximate surface area is 121 Å². The lowest BCUT2D eigenvalue weighted by atomic mass is 10.1. The molecule has 1 saturated heterocycles. The SMILES string of the molecule is COc1cccc(C(=O)NC2CCN(I)CC2)c1. The van der Waals surface area contributed by atoms with E-state index in [1.165, 1.54) is 0 Å². The predicted molar refractivity (Wildman–Crippen MR) is 79.1 cm³/mol. The van der Waals surface area contributed by atoms with E-state index in [-0.39, 0.29) is 11.9 Å². The number of piperidine rings is 1. The highest BCUT2D eigenvalue weighted by atomic mass is 127. The summed E-state index contributed by atoms with van der Waals surface area (Å²) in [7, 11) is 1.60. The molecular formula is C13H17IN2O2. The molecule has 98 valence electrons. The van der Waals surface area contributed by atoms with Crippen molar-refractivity contribution < 1.29 is 9.53 Å². The quantitative estimate of drug-likeness (QED) is 0.664. The number of halogens is 1. The standard InChI is InChI=1S/C13H17IN2O2/c1-18-12-4-2-3-10(9-12)13(17)15-11-5-7-16(14)8-6-11/h2-4,9,11H,5-8H2,1H3,(H,15,17). The summed E-state index contributed by atoms with van der Waals surface area (Å²) in [6.45, 7) is 2.06. The molecule has 2 rings (SSSR count). The van der Waals surface area contributed by atoms with E-state index in [1.807, 2.05) is 18.2 Å². The van der Waals surface area contributed by atoms with Crippen molar-refractivity contribution in [3.63, 3.8) is 0 Å². The molecule has 1 amide bonds. The fourth-order valence-corrected chi connectivity index (χ4v) is 2.58. The van der Waals surface area contributed by atoms with Crippen LogP contribution < -0.4 is 10.1 Å². The molecule has 4 nitrogen and oxygen atoms in total. The van der Waals surface area contributed by atoms with Gasteiger partial charge < -0.3 is 10.1 Å². The van der Waals surface area contributed by atoms with Crippen LogP contribution in [0, 0.1) is 0 Å². The molecule has 0 spiro atoms. The van der Waals surface area contributed by atoms with E-state index in [0.29, 0.717) is 11.3 Å². The Morgan fingerprint density at radius 1 is 1.44 bits per heavy atom. The van der Waals surface area contributed by atoms with Gasteiger partial charge in [-0.15, -0.1) is 0 Å². The van der Waals surface area contributed by atoms with Crippen molar-refractivity contribution in [1.29, 1.82) is 0 Å². The van der Waals surface area contributed by atoms with Crippen molar-refractivity contribution in [1.82, 2.24) is 8.43 Å². The van der Waals surface area contributed by atoms with Crippen LogP contribution in [0.1, 0.15) is 23.2 Å². The van der Waals surface area contributed by atoms with Gasteiger partial charge in [0, 0.05) is 47.6 Å². The summed E-state index contributed by atoms with van der Waals surface area (Å²) in [5.74, 6) is 0.700. The highest BCUT2D eigenvalue weighted by Crippen LogP contribution is 2.16. The van der Waals surface area contributed by atoms with E-state index in [9.17, 15) is 4.79 Å². The number of carbonyl (C=O) groups is 1. The third-order valence-corrected chi connectivity index (χ3v) is 4.07. The lowest BCUT2D eigenvalue weighted by Crippen LogP contribution is -2.41. The largest absolute Gasteiger partial charge is 0.497 e. The summed E-state index contributed by atoms with van der Waals surface area (Å²) in [6.07, 6.45) is 2.03. The van der Waals surface area contributed by atoms with Gasteiger partial charge in [-0.05, 0) is 31.0 Å². The molecular weight excluding hydrogens is 343 g/mol. The second kappa shape index (κ2) is 6.38. The van der Waals surface area contributed by atoms with Crippen molar-refractivity contribution in [3.8, 4) is 5.75 Å². The van der Waals surface area contributed by atoms with Gasteiger partial charge in [0.25, 0.3) is 5.91 Å². The molecule has 0 bridgehead atoms. The van der Waals surface area contributed by atoms with Crippen LogP contribution in [0.3, 0.4) is 0 Å². The number of hydrogen-bond donors (Lipinski definition) is 1. The second-order valence-electron chi connectivity index (χ2n) is 4.39. The number of benzene rings is 1.